The Morgan fingerprint density at radius 1 is 1.07 bits per heavy atom. The van der Waals surface area contributed by atoms with Crippen LogP contribution >= 0.6 is 0 Å². The molecule has 0 radical (unpaired) electrons. The molecular formula is C20H21N5O3. The third-order valence-corrected chi connectivity index (χ3v) is 5.61. The number of amides is 1. The predicted molar refractivity (Wildman–Crippen MR) is 101 cm³/mol. The van der Waals surface area contributed by atoms with Gasteiger partial charge in [0.2, 0.25) is 0 Å². The number of likely N-dealkylation sites (tertiary alicyclic amines) is 1. The van der Waals surface area contributed by atoms with Crippen molar-refractivity contribution in [2.24, 2.45) is 0 Å². The Morgan fingerprint density at radius 3 is 2.54 bits per heavy atom. The van der Waals surface area contributed by atoms with E-state index in [2.05, 4.69) is 15.2 Å². The molecule has 1 N–H and O–H groups in total. The molecule has 144 valence electrons. The summed E-state index contributed by atoms with van der Waals surface area (Å²) >= 11 is 0. The van der Waals surface area contributed by atoms with Gasteiger partial charge in [-0.2, -0.15) is 5.10 Å². The number of benzene rings is 1. The van der Waals surface area contributed by atoms with E-state index in [-0.39, 0.29) is 17.5 Å². The molecule has 0 atom stereocenters. The summed E-state index contributed by atoms with van der Waals surface area (Å²) in [6, 6.07) is 9.49. The summed E-state index contributed by atoms with van der Waals surface area (Å²) < 4.78 is 7.08. The van der Waals surface area contributed by atoms with Crippen LogP contribution in [0.3, 0.4) is 0 Å². The number of nitrogens with one attached hydrogen (secondary N) is 1. The van der Waals surface area contributed by atoms with Crippen LogP contribution in [0.4, 0.5) is 0 Å². The molecule has 2 aliphatic rings. The van der Waals surface area contributed by atoms with Crippen molar-refractivity contribution in [3.8, 4) is 5.69 Å². The Labute approximate surface area is 161 Å². The normalized spacial score (nSPS) is 17.8. The third kappa shape index (κ3) is 2.94. The zero-order valence-electron chi connectivity index (χ0n) is 15.4. The van der Waals surface area contributed by atoms with E-state index in [4.69, 9.17) is 4.42 Å². The number of carbonyl (C=O) groups is 1. The van der Waals surface area contributed by atoms with Crippen LogP contribution < -0.4 is 5.69 Å². The number of hydrogen-bond acceptors (Lipinski definition) is 5. The van der Waals surface area contributed by atoms with Gasteiger partial charge >= 0.3 is 5.69 Å². The molecule has 2 fully saturated rings. The number of aromatic amines is 1. The number of rotatable bonds is 4. The van der Waals surface area contributed by atoms with Crippen LogP contribution in [0, 0.1) is 0 Å². The number of carbonyl (C=O) groups excluding carboxylic acids is 1. The Kier molecular flexibility index (Phi) is 4.11. The topological polar surface area (TPSA) is 97.0 Å². The number of piperidine rings is 1. The Bertz CT molecular complexity index is 1040. The third-order valence-electron chi connectivity index (χ3n) is 5.61. The second-order valence-corrected chi connectivity index (χ2v) is 7.46. The van der Waals surface area contributed by atoms with Gasteiger partial charge in [0, 0.05) is 24.9 Å². The molecule has 1 saturated heterocycles. The second-order valence-electron chi connectivity index (χ2n) is 7.46. The molecule has 1 aliphatic heterocycles. The van der Waals surface area contributed by atoms with E-state index < -0.39 is 0 Å². The summed E-state index contributed by atoms with van der Waals surface area (Å²) in [7, 11) is 0. The van der Waals surface area contributed by atoms with E-state index in [0.29, 0.717) is 24.7 Å². The van der Waals surface area contributed by atoms with Gasteiger partial charge in [-0.3, -0.25) is 4.79 Å². The van der Waals surface area contributed by atoms with Crippen molar-refractivity contribution in [1.29, 1.82) is 0 Å². The van der Waals surface area contributed by atoms with E-state index >= 15 is 0 Å². The Morgan fingerprint density at radius 2 is 1.82 bits per heavy atom. The molecule has 0 unspecified atom stereocenters. The van der Waals surface area contributed by atoms with Gasteiger partial charge in [-0.25, -0.2) is 19.4 Å². The van der Waals surface area contributed by atoms with E-state index in [1.807, 2.05) is 35.2 Å². The van der Waals surface area contributed by atoms with Crippen LogP contribution in [0.1, 0.15) is 59.6 Å². The van der Waals surface area contributed by atoms with Crippen LogP contribution in [-0.4, -0.2) is 43.6 Å². The summed E-state index contributed by atoms with van der Waals surface area (Å²) in [5, 5.41) is 6.85. The lowest BCUT2D eigenvalue weighted by Gasteiger charge is -2.31. The fourth-order valence-corrected chi connectivity index (χ4v) is 3.95. The summed E-state index contributed by atoms with van der Waals surface area (Å²) in [6.07, 6.45) is 5.00. The molecule has 5 rings (SSSR count). The molecule has 0 spiro atoms. The van der Waals surface area contributed by atoms with Crippen LogP contribution in [0.25, 0.3) is 5.69 Å². The summed E-state index contributed by atoms with van der Waals surface area (Å²) in [4.78, 5) is 31.2. The van der Waals surface area contributed by atoms with Gasteiger partial charge < -0.3 is 9.32 Å². The maximum absolute atomic E-state index is 12.9. The number of nitrogens with zero attached hydrogens (tertiary/aromatic N) is 4. The van der Waals surface area contributed by atoms with Crippen LogP contribution in [0.2, 0.25) is 0 Å². The largest absolute Gasteiger partial charge is 0.447 e. The Hall–Kier alpha value is -3.16. The van der Waals surface area contributed by atoms with Crippen LogP contribution in [0.5, 0.6) is 0 Å². The zero-order chi connectivity index (χ0) is 19.1. The van der Waals surface area contributed by atoms with Gasteiger partial charge in [-0.15, -0.1) is 0 Å². The molecule has 1 aliphatic carbocycles. The zero-order valence-corrected chi connectivity index (χ0v) is 15.4. The highest BCUT2D eigenvalue weighted by atomic mass is 16.3. The van der Waals surface area contributed by atoms with Crippen molar-refractivity contribution >= 4 is 5.91 Å². The van der Waals surface area contributed by atoms with Gasteiger partial charge in [0.05, 0.1) is 5.69 Å². The molecule has 8 heteroatoms. The van der Waals surface area contributed by atoms with Gasteiger partial charge in [-0.05, 0) is 37.8 Å². The lowest BCUT2D eigenvalue weighted by Crippen LogP contribution is -2.39. The van der Waals surface area contributed by atoms with Gasteiger partial charge in [-0.1, -0.05) is 18.2 Å². The van der Waals surface area contributed by atoms with E-state index in [9.17, 15) is 9.59 Å². The molecule has 3 heterocycles. The highest BCUT2D eigenvalue weighted by Gasteiger charge is 2.35. The molecule has 1 aromatic carbocycles. The Balaban J connectivity index is 1.32. The molecule has 1 saturated carbocycles. The van der Waals surface area contributed by atoms with Gasteiger partial charge in [0.1, 0.15) is 11.6 Å². The minimum absolute atomic E-state index is 0.0587. The van der Waals surface area contributed by atoms with Crippen LogP contribution in [-0.2, 0) is 0 Å². The fourth-order valence-electron chi connectivity index (χ4n) is 3.95. The smallest absolute Gasteiger partial charge is 0.347 e. The van der Waals surface area contributed by atoms with Crippen molar-refractivity contribution in [2.75, 3.05) is 13.1 Å². The molecule has 2 aromatic heterocycles. The minimum atomic E-state index is -0.239. The van der Waals surface area contributed by atoms with Crippen molar-refractivity contribution < 1.29 is 9.21 Å². The average molecular weight is 379 g/mol. The highest BCUT2D eigenvalue weighted by Crippen LogP contribution is 2.42. The highest BCUT2D eigenvalue weighted by molar-refractivity contribution is 5.93. The van der Waals surface area contributed by atoms with Gasteiger partial charge in [0.15, 0.2) is 12.1 Å². The first-order valence-corrected chi connectivity index (χ1v) is 9.68. The van der Waals surface area contributed by atoms with Crippen molar-refractivity contribution in [1.82, 2.24) is 24.6 Å². The first-order valence-electron chi connectivity index (χ1n) is 9.68. The van der Waals surface area contributed by atoms with Gasteiger partial charge in [0.25, 0.3) is 5.91 Å². The molecule has 28 heavy (non-hydrogen) atoms. The fraction of sp³-hybridized carbons (Fsp3) is 0.400. The van der Waals surface area contributed by atoms with E-state index in [1.54, 1.807) is 4.57 Å². The minimum Gasteiger partial charge on any atom is -0.447 e. The lowest BCUT2D eigenvalue weighted by molar-refractivity contribution is 0.0703. The molecule has 0 bridgehead atoms. The first-order chi connectivity index (χ1) is 13.7. The molecule has 1 amide bonds. The number of H-pyrrole nitrogens is 1. The maximum atomic E-state index is 12.9. The number of para-hydroxylation sites is 1. The SMILES string of the molecule is O=C(c1ncoc1C1CC1)N1CCC(c2n[nH]c(=O)n2-c2ccccc2)CC1. The first kappa shape index (κ1) is 17.0. The van der Waals surface area contributed by atoms with Crippen molar-refractivity contribution in [3.63, 3.8) is 0 Å². The molecular weight excluding hydrogens is 358 g/mol. The molecule has 8 nitrogen and oxygen atoms in total. The standard InChI is InChI=1S/C20H21N5O3/c26-19(16-17(13-6-7-13)28-12-21-16)24-10-8-14(9-11-24)18-22-23-20(27)25(18)15-4-2-1-3-5-15/h1-5,12-14H,6-11H2,(H,23,27). The quantitative estimate of drug-likeness (QED) is 0.751. The number of oxazole rings is 1. The lowest BCUT2D eigenvalue weighted by atomic mass is 9.95. The van der Waals surface area contributed by atoms with E-state index in [0.717, 1.165) is 43.0 Å². The second kappa shape index (κ2) is 6.78. The van der Waals surface area contributed by atoms with Crippen molar-refractivity contribution in [3.05, 3.63) is 64.5 Å². The summed E-state index contributed by atoms with van der Waals surface area (Å²) in [5.41, 5.74) is 1.02. The predicted octanol–water partition coefficient (Wildman–Crippen LogP) is 2.45. The number of hydrogen-bond donors (Lipinski definition) is 1. The van der Waals surface area contributed by atoms with Crippen LogP contribution in [0.15, 0.2) is 45.9 Å². The number of aromatic nitrogens is 4. The maximum Gasteiger partial charge on any atom is 0.347 e. The molecule has 3 aromatic rings. The van der Waals surface area contributed by atoms with E-state index in [1.165, 1.54) is 6.39 Å². The average Bonchev–Trinajstić information content (AvgIpc) is 3.33. The van der Waals surface area contributed by atoms with Crippen molar-refractivity contribution in [2.45, 2.75) is 37.5 Å². The summed E-state index contributed by atoms with van der Waals surface area (Å²) in [6.45, 7) is 1.21. The summed E-state index contributed by atoms with van der Waals surface area (Å²) in [5.74, 6) is 1.86. The monoisotopic (exact) mass is 379 g/mol.